The molecule has 6 rings (SSSR count). The molecule has 0 aromatic heterocycles. The lowest BCUT2D eigenvalue weighted by atomic mass is 9.88. The Hall–Kier alpha value is -4.86. The van der Waals surface area contributed by atoms with Crippen molar-refractivity contribution in [2.75, 3.05) is 13.2 Å². The lowest BCUT2D eigenvalue weighted by Crippen LogP contribution is -2.51. The van der Waals surface area contributed by atoms with E-state index >= 15 is 0 Å². The van der Waals surface area contributed by atoms with Gasteiger partial charge >= 0.3 is 12.0 Å². The minimum Gasteiger partial charge on any atom is -0.491 e. The Bertz CT molecular complexity index is 1640. The van der Waals surface area contributed by atoms with E-state index in [0.717, 1.165) is 42.4 Å². The molecule has 3 aliphatic rings. The topological polar surface area (TPSA) is 104 Å². The smallest absolute Gasteiger partial charge is 0.325 e. The van der Waals surface area contributed by atoms with Crippen LogP contribution < -0.4 is 10.1 Å². The fourth-order valence-electron chi connectivity index (χ4n) is 8.03. The minimum absolute atomic E-state index is 0.0835. The number of benzene rings is 3. The molecule has 3 aromatic carbocycles. The molecular formula is C44H57N5O5. The van der Waals surface area contributed by atoms with E-state index in [4.69, 9.17) is 14.5 Å². The summed E-state index contributed by atoms with van der Waals surface area (Å²) in [6.45, 7) is 5.00. The van der Waals surface area contributed by atoms with Gasteiger partial charge < -0.3 is 24.2 Å². The third-order valence-electron chi connectivity index (χ3n) is 10.6. The zero-order valence-electron chi connectivity index (χ0n) is 32.1. The second kappa shape index (κ2) is 19.5. The Morgan fingerprint density at radius 2 is 1.39 bits per heavy atom. The van der Waals surface area contributed by atoms with E-state index in [1.54, 1.807) is 9.80 Å². The summed E-state index contributed by atoms with van der Waals surface area (Å²) in [7, 11) is 0. The largest absolute Gasteiger partial charge is 0.491 e. The number of nitrogens with one attached hydrogen (secondary N) is 1. The maximum atomic E-state index is 14.1. The molecule has 3 aromatic rings. The van der Waals surface area contributed by atoms with E-state index in [2.05, 4.69) is 10.2 Å². The highest BCUT2D eigenvalue weighted by atomic mass is 16.5. The molecule has 10 heteroatoms. The molecule has 54 heavy (non-hydrogen) atoms. The normalized spacial score (nSPS) is 16.3. The fourth-order valence-corrected chi connectivity index (χ4v) is 8.03. The molecule has 0 spiro atoms. The van der Waals surface area contributed by atoms with Gasteiger partial charge in [-0.25, -0.2) is 9.79 Å². The zero-order chi connectivity index (χ0) is 37.7. The van der Waals surface area contributed by atoms with E-state index < -0.39 is 5.97 Å². The summed E-state index contributed by atoms with van der Waals surface area (Å²) in [5.41, 5.74) is 3.46. The monoisotopic (exact) mass is 735 g/mol. The SMILES string of the molecule is CC(C)OC(=O)CN1Cc2cccc(OCCCC(=O)N(C3CCCCC3)C3CCCCC3)c2N=C1NC(=O)N(Cc1ccccc1)Cc1ccccc1. The van der Waals surface area contributed by atoms with Crippen LogP contribution in [0.4, 0.5) is 10.5 Å². The Kier molecular flexibility index (Phi) is 14.0. The van der Waals surface area contributed by atoms with Gasteiger partial charge in [-0.15, -0.1) is 0 Å². The average Bonchev–Trinajstić information content (AvgIpc) is 3.18. The summed E-state index contributed by atoms with van der Waals surface area (Å²) in [5, 5.41) is 3.04. The summed E-state index contributed by atoms with van der Waals surface area (Å²) in [6, 6.07) is 25.9. The van der Waals surface area contributed by atoms with Crippen LogP contribution in [0.1, 0.15) is 108 Å². The van der Waals surface area contributed by atoms with Crippen molar-refractivity contribution in [2.45, 2.75) is 129 Å². The van der Waals surface area contributed by atoms with Gasteiger partial charge in [0.15, 0.2) is 0 Å². The van der Waals surface area contributed by atoms with Crippen LogP contribution in [0.15, 0.2) is 83.9 Å². The summed E-state index contributed by atoms with van der Waals surface area (Å²) in [4.78, 5) is 51.5. The summed E-state index contributed by atoms with van der Waals surface area (Å²) >= 11 is 0. The third kappa shape index (κ3) is 10.9. The van der Waals surface area contributed by atoms with Crippen LogP contribution in [0.5, 0.6) is 5.75 Å². The molecule has 2 fully saturated rings. The summed E-state index contributed by atoms with van der Waals surface area (Å²) in [5.74, 6) is 0.683. The first-order valence-electron chi connectivity index (χ1n) is 20.1. The number of ether oxygens (including phenoxy) is 2. The number of urea groups is 1. The number of aliphatic imine (C=N–C) groups is 1. The van der Waals surface area contributed by atoms with Gasteiger partial charge in [-0.05, 0) is 63.1 Å². The number of nitrogens with zero attached hydrogens (tertiary/aromatic N) is 4. The summed E-state index contributed by atoms with van der Waals surface area (Å²) in [6.07, 6.45) is 12.6. The number of carbonyl (C=O) groups is 3. The van der Waals surface area contributed by atoms with Crippen molar-refractivity contribution in [2.24, 2.45) is 4.99 Å². The molecule has 1 aliphatic heterocycles. The van der Waals surface area contributed by atoms with Crippen molar-refractivity contribution >= 4 is 29.6 Å². The first-order chi connectivity index (χ1) is 26.3. The number of hydrogen-bond acceptors (Lipinski definition) is 7. The molecule has 2 aliphatic carbocycles. The number of fused-ring (bicyclic) bond motifs is 1. The van der Waals surface area contributed by atoms with Crippen molar-refractivity contribution in [1.82, 2.24) is 20.0 Å². The van der Waals surface area contributed by atoms with Crippen molar-refractivity contribution in [3.8, 4) is 5.75 Å². The van der Waals surface area contributed by atoms with Gasteiger partial charge in [-0.1, -0.05) is 111 Å². The highest BCUT2D eigenvalue weighted by Crippen LogP contribution is 2.36. The predicted octanol–water partition coefficient (Wildman–Crippen LogP) is 8.51. The van der Waals surface area contributed by atoms with Crippen molar-refractivity contribution in [3.63, 3.8) is 0 Å². The quantitative estimate of drug-likeness (QED) is 0.132. The van der Waals surface area contributed by atoms with Crippen LogP contribution in [0.2, 0.25) is 0 Å². The van der Waals surface area contributed by atoms with E-state index in [0.29, 0.717) is 62.6 Å². The maximum absolute atomic E-state index is 14.1. The van der Waals surface area contributed by atoms with Gasteiger partial charge in [-0.2, -0.15) is 0 Å². The highest BCUT2D eigenvalue weighted by molar-refractivity contribution is 5.99. The number of hydrogen-bond donors (Lipinski definition) is 1. The number of amides is 3. The molecule has 288 valence electrons. The van der Waals surface area contributed by atoms with Gasteiger partial charge in [0.05, 0.1) is 12.7 Å². The lowest BCUT2D eigenvalue weighted by molar-refractivity contribution is -0.148. The summed E-state index contributed by atoms with van der Waals surface area (Å²) < 4.78 is 11.8. The molecule has 0 atom stereocenters. The van der Waals surface area contributed by atoms with Crippen LogP contribution in [-0.2, 0) is 34.0 Å². The first kappa shape index (κ1) is 38.9. The fraction of sp³-hybridized carbons (Fsp3) is 0.500. The van der Waals surface area contributed by atoms with E-state index in [9.17, 15) is 14.4 Å². The van der Waals surface area contributed by atoms with Crippen molar-refractivity contribution in [3.05, 3.63) is 95.6 Å². The van der Waals surface area contributed by atoms with Crippen LogP contribution in [-0.4, -0.2) is 69.9 Å². The second-order valence-corrected chi connectivity index (χ2v) is 15.2. The van der Waals surface area contributed by atoms with E-state index in [-0.39, 0.29) is 30.5 Å². The highest BCUT2D eigenvalue weighted by Gasteiger charge is 2.32. The molecule has 3 amide bonds. The van der Waals surface area contributed by atoms with Crippen molar-refractivity contribution < 1.29 is 23.9 Å². The van der Waals surface area contributed by atoms with Gasteiger partial charge in [-0.3, -0.25) is 14.9 Å². The van der Waals surface area contributed by atoms with E-state index in [1.165, 1.54) is 38.5 Å². The first-order valence-corrected chi connectivity index (χ1v) is 20.1. The molecule has 0 radical (unpaired) electrons. The van der Waals surface area contributed by atoms with Crippen LogP contribution in [0, 0.1) is 0 Å². The van der Waals surface area contributed by atoms with Gasteiger partial charge in [0.25, 0.3) is 0 Å². The molecule has 0 saturated heterocycles. The van der Waals surface area contributed by atoms with Crippen LogP contribution in [0.25, 0.3) is 0 Å². The number of para-hydroxylation sites is 1. The van der Waals surface area contributed by atoms with Gasteiger partial charge in [0, 0.05) is 43.7 Å². The number of esters is 1. The Labute approximate surface area is 320 Å². The minimum atomic E-state index is -0.409. The van der Waals surface area contributed by atoms with Gasteiger partial charge in [0.2, 0.25) is 11.9 Å². The molecule has 0 bridgehead atoms. The number of rotatable bonds is 14. The molecule has 0 unspecified atom stereocenters. The van der Waals surface area contributed by atoms with Crippen molar-refractivity contribution in [1.29, 1.82) is 0 Å². The molecule has 1 N–H and O–H groups in total. The molecule has 2 saturated carbocycles. The second-order valence-electron chi connectivity index (χ2n) is 15.2. The van der Waals surface area contributed by atoms with E-state index in [1.807, 2.05) is 92.7 Å². The average molecular weight is 736 g/mol. The molecule has 1 heterocycles. The van der Waals surface area contributed by atoms with Gasteiger partial charge in [0.1, 0.15) is 18.0 Å². The lowest BCUT2D eigenvalue weighted by Gasteiger charge is -2.42. The van der Waals surface area contributed by atoms with Crippen LogP contribution in [0.3, 0.4) is 0 Å². The standard InChI is InChI=1S/C44H57N5O5/c1-33(2)54-41(51)32-47-31-36-21-15-26-39(53-28-16-27-40(50)49(37-22-11-5-12-23-37)38-24-13-6-14-25-38)42(36)45-43(47)46-44(52)48(29-34-17-7-3-8-18-34)30-35-19-9-4-10-20-35/h3-4,7-10,15,17-21,26,33,37-38H,5-6,11-14,16,22-25,27-32H2,1-2H3,(H,45,46,52). The maximum Gasteiger partial charge on any atom is 0.325 e. The Balaban J connectivity index is 1.17. The predicted molar refractivity (Wildman–Crippen MR) is 211 cm³/mol. The number of guanidine groups is 1. The molecule has 10 nitrogen and oxygen atoms in total. The third-order valence-corrected chi connectivity index (χ3v) is 10.6. The Morgan fingerprint density at radius 3 is 1.96 bits per heavy atom. The zero-order valence-corrected chi connectivity index (χ0v) is 32.1. The number of carbonyl (C=O) groups excluding carboxylic acids is 3. The Morgan fingerprint density at radius 1 is 0.796 bits per heavy atom. The van der Waals surface area contributed by atoms with Crippen LogP contribution >= 0.6 is 0 Å². The molecular weight excluding hydrogens is 679 g/mol.